The van der Waals surface area contributed by atoms with Crippen LogP contribution in [0.3, 0.4) is 0 Å². The molecule has 1 heterocycles. The molecule has 0 saturated carbocycles. The summed E-state index contributed by atoms with van der Waals surface area (Å²) in [5.74, 6) is -1.47. The smallest absolute Gasteiger partial charge is 0.358 e. The number of carbonyl (C=O) groups is 1. The van der Waals surface area contributed by atoms with E-state index in [1.165, 1.54) is 38.5 Å². The summed E-state index contributed by atoms with van der Waals surface area (Å²) in [5.41, 5.74) is 0.260. The first-order valence-electron chi connectivity index (χ1n) is 5.76. The summed E-state index contributed by atoms with van der Waals surface area (Å²) in [4.78, 5) is 15.6. The van der Waals surface area contributed by atoms with Crippen LogP contribution in [-0.2, 0) is 4.74 Å². The Morgan fingerprint density at radius 2 is 1.81 bits per heavy atom. The maximum absolute atomic E-state index is 14.3. The van der Waals surface area contributed by atoms with Gasteiger partial charge < -0.3 is 9.47 Å². The van der Waals surface area contributed by atoms with Crippen molar-refractivity contribution in [2.24, 2.45) is 0 Å². The van der Waals surface area contributed by atoms with Gasteiger partial charge in [-0.1, -0.05) is 23.2 Å². The molecule has 2 rings (SSSR count). The number of aromatic nitrogens is 1. The molecule has 1 aromatic heterocycles. The van der Waals surface area contributed by atoms with Gasteiger partial charge in [0.2, 0.25) is 0 Å². The standard InChI is InChI=1S/C14H10Cl2FNO3/c1-20-13-9(16)4-3-7(11(13)17)10-6-5-8(15)12(18-10)14(19)21-2/h3-6H,1-2H3. The lowest BCUT2D eigenvalue weighted by Crippen LogP contribution is -2.06. The first-order chi connectivity index (χ1) is 9.99. The number of halogens is 3. The molecule has 0 unspecified atom stereocenters. The number of nitrogens with zero attached hydrogens (tertiary/aromatic N) is 1. The summed E-state index contributed by atoms with van der Waals surface area (Å²) in [7, 11) is 2.52. The van der Waals surface area contributed by atoms with Crippen LogP contribution in [0.5, 0.6) is 5.75 Å². The fourth-order valence-corrected chi connectivity index (χ4v) is 2.15. The minimum atomic E-state index is -0.705. The first kappa shape index (κ1) is 15.5. The van der Waals surface area contributed by atoms with Crippen LogP contribution in [0, 0.1) is 5.82 Å². The third kappa shape index (κ3) is 2.94. The fourth-order valence-electron chi connectivity index (χ4n) is 1.75. The van der Waals surface area contributed by atoms with Gasteiger partial charge in [-0.2, -0.15) is 0 Å². The molecular weight excluding hydrogens is 320 g/mol. The zero-order chi connectivity index (χ0) is 15.6. The normalized spacial score (nSPS) is 10.3. The van der Waals surface area contributed by atoms with Crippen molar-refractivity contribution in [1.29, 1.82) is 0 Å². The topological polar surface area (TPSA) is 48.4 Å². The van der Waals surface area contributed by atoms with E-state index < -0.39 is 11.8 Å². The Labute approximate surface area is 130 Å². The zero-order valence-corrected chi connectivity index (χ0v) is 12.6. The maximum atomic E-state index is 14.3. The van der Waals surface area contributed by atoms with Gasteiger partial charge in [-0.05, 0) is 24.3 Å². The Balaban J connectivity index is 2.60. The van der Waals surface area contributed by atoms with Crippen LogP contribution in [0.1, 0.15) is 10.5 Å². The summed E-state index contributed by atoms with van der Waals surface area (Å²) < 4.78 is 23.8. The van der Waals surface area contributed by atoms with Gasteiger partial charge >= 0.3 is 5.97 Å². The second-order valence-electron chi connectivity index (χ2n) is 3.96. The molecule has 0 atom stereocenters. The first-order valence-corrected chi connectivity index (χ1v) is 6.52. The molecule has 0 radical (unpaired) electrons. The van der Waals surface area contributed by atoms with Gasteiger partial charge in [-0.25, -0.2) is 14.2 Å². The van der Waals surface area contributed by atoms with E-state index in [4.69, 9.17) is 27.9 Å². The summed E-state index contributed by atoms with van der Waals surface area (Å²) in [6, 6.07) is 5.85. The highest BCUT2D eigenvalue weighted by molar-refractivity contribution is 6.33. The lowest BCUT2D eigenvalue weighted by atomic mass is 10.1. The van der Waals surface area contributed by atoms with Gasteiger partial charge in [0.1, 0.15) is 0 Å². The summed E-state index contributed by atoms with van der Waals surface area (Å²) in [6.07, 6.45) is 0. The summed E-state index contributed by atoms with van der Waals surface area (Å²) in [5, 5.41) is 0.257. The van der Waals surface area contributed by atoms with Crippen molar-refractivity contribution in [3.8, 4) is 17.0 Å². The minimum absolute atomic E-state index is 0.0921. The van der Waals surface area contributed by atoms with Crippen molar-refractivity contribution in [2.45, 2.75) is 0 Å². The van der Waals surface area contributed by atoms with Crippen LogP contribution in [0.2, 0.25) is 10.0 Å². The van der Waals surface area contributed by atoms with Gasteiger partial charge in [-0.3, -0.25) is 0 Å². The van der Waals surface area contributed by atoms with Crippen molar-refractivity contribution in [1.82, 2.24) is 4.98 Å². The number of methoxy groups -OCH3 is 2. The average Bonchev–Trinajstić information content (AvgIpc) is 2.48. The predicted octanol–water partition coefficient (Wildman–Crippen LogP) is 3.99. The Bertz CT molecular complexity index is 707. The van der Waals surface area contributed by atoms with E-state index in [9.17, 15) is 9.18 Å². The van der Waals surface area contributed by atoms with Gasteiger partial charge in [-0.15, -0.1) is 0 Å². The Hall–Kier alpha value is -1.85. The molecule has 0 amide bonds. The highest BCUT2D eigenvalue weighted by Crippen LogP contribution is 2.34. The monoisotopic (exact) mass is 329 g/mol. The molecular formula is C14H10Cl2FNO3. The quantitative estimate of drug-likeness (QED) is 0.799. The molecule has 7 heteroatoms. The van der Waals surface area contributed by atoms with E-state index in [1.807, 2.05) is 0 Å². The van der Waals surface area contributed by atoms with Crippen molar-refractivity contribution >= 4 is 29.2 Å². The number of pyridine rings is 1. The zero-order valence-electron chi connectivity index (χ0n) is 11.1. The highest BCUT2D eigenvalue weighted by Gasteiger charge is 2.19. The number of benzene rings is 1. The van der Waals surface area contributed by atoms with Crippen molar-refractivity contribution in [2.75, 3.05) is 14.2 Å². The van der Waals surface area contributed by atoms with Crippen molar-refractivity contribution in [3.63, 3.8) is 0 Å². The third-order valence-corrected chi connectivity index (χ3v) is 3.36. The molecule has 0 saturated heterocycles. The number of hydrogen-bond donors (Lipinski definition) is 0. The van der Waals surface area contributed by atoms with Gasteiger partial charge in [0.25, 0.3) is 0 Å². The van der Waals surface area contributed by atoms with E-state index in [1.54, 1.807) is 0 Å². The Morgan fingerprint density at radius 3 is 2.43 bits per heavy atom. The van der Waals surface area contributed by atoms with Gasteiger partial charge in [0, 0.05) is 5.56 Å². The second kappa shape index (κ2) is 6.28. The number of rotatable bonds is 3. The lowest BCUT2D eigenvalue weighted by molar-refractivity contribution is 0.0594. The van der Waals surface area contributed by atoms with Crippen LogP contribution in [0.4, 0.5) is 4.39 Å². The minimum Gasteiger partial charge on any atom is -0.492 e. The molecule has 110 valence electrons. The van der Waals surface area contributed by atoms with E-state index >= 15 is 0 Å². The number of hydrogen-bond acceptors (Lipinski definition) is 4. The molecule has 4 nitrogen and oxygen atoms in total. The van der Waals surface area contributed by atoms with Gasteiger partial charge in [0.15, 0.2) is 17.3 Å². The van der Waals surface area contributed by atoms with Crippen LogP contribution >= 0.6 is 23.2 Å². The summed E-state index contributed by atoms with van der Waals surface area (Å²) in [6.45, 7) is 0. The van der Waals surface area contributed by atoms with E-state index in [2.05, 4.69) is 9.72 Å². The average molecular weight is 330 g/mol. The number of carbonyl (C=O) groups excluding carboxylic acids is 1. The fraction of sp³-hybridized carbons (Fsp3) is 0.143. The van der Waals surface area contributed by atoms with Crippen molar-refractivity contribution in [3.05, 3.63) is 45.8 Å². The molecule has 0 fully saturated rings. The van der Waals surface area contributed by atoms with Crippen LogP contribution in [0.25, 0.3) is 11.3 Å². The molecule has 21 heavy (non-hydrogen) atoms. The second-order valence-corrected chi connectivity index (χ2v) is 4.78. The molecule has 0 N–H and O–H groups in total. The summed E-state index contributed by atoms with van der Waals surface area (Å²) >= 11 is 11.7. The molecule has 1 aromatic carbocycles. The van der Waals surface area contributed by atoms with E-state index in [0.29, 0.717) is 0 Å². The Morgan fingerprint density at radius 1 is 1.14 bits per heavy atom. The largest absolute Gasteiger partial charge is 0.492 e. The SMILES string of the molecule is COC(=O)c1nc(-c2ccc(Cl)c(OC)c2F)ccc1Cl. The number of ether oxygens (including phenoxy) is 2. The van der Waals surface area contributed by atoms with Crippen LogP contribution < -0.4 is 4.74 Å². The predicted molar refractivity (Wildman–Crippen MR) is 77.5 cm³/mol. The van der Waals surface area contributed by atoms with Gasteiger partial charge in [0.05, 0.1) is 30.0 Å². The molecule has 0 aliphatic heterocycles. The van der Waals surface area contributed by atoms with E-state index in [-0.39, 0.29) is 32.7 Å². The molecule has 0 aliphatic rings. The van der Waals surface area contributed by atoms with Crippen molar-refractivity contribution < 1.29 is 18.7 Å². The van der Waals surface area contributed by atoms with E-state index in [0.717, 1.165) is 0 Å². The third-order valence-electron chi connectivity index (χ3n) is 2.75. The molecule has 0 spiro atoms. The molecule has 0 bridgehead atoms. The van der Waals surface area contributed by atoms with Crippen LogP contribution in [-0.4, -0.2) is 25.2 Å². The molecule has 0 aliphatic carbocycles. The lowest BCUT2D eigenvalue weighted by Gasteiger charge is -2.10. The molecule has 2 aromatic rings. The highest BCUT2D eigenvalue weighted by atomic mass is 35.5. The van der Waals surface area contributed by atoms with Crippen LogP contribution in [0.15, 0.2) is 24.3 Å². The Kier molecular flexibility index (Phi) is 4.65. The maximum Gasteiger partial charge on any atom is 0.358 e. The number of esters is 1.